The zero-order chi connectivity index (χ0) is 21.9. The number of aliphatic imine (C=N–C) groups is 1. The van der Waals surface area contributed by atoms with Crippen LogP contribution in [-0.2, 0) is 11.3 Å². The second-order valence-electron chi connectivity index (χ2n) is 7.65. The van der Waals surface area contributed by atoms with Crippen LogP contribution in [0.5, 0.6) is 11.5 Å². The van der Waals surface area contributed by atoms with E-state index >= 15 is 0 Å². The third kappa shape index (κ3) is 7.09. The molecule has 2 rings (SSSR count). The van der Waals surface area contributed by atoms with Crippen LogP contribution in [0.3, 0.4) is 0 Å². The van der Waals surface area contributed by atoms with Gasteiger partial charge in [0.25, 0.3) is 0 Å². The first-order valence-electron chi connectivity index (χ1n) is 10.7. The van der Waals surface area contributed by atoms with Crippen molar-refractivity contribution in [3.05, 3.63) is 23.8 Å². The summed E-state index contributed by atoms with van der Waals surface area (Å²) in [5.74, 6) is 2.27. The highest BCUT2D eigenvalue weighted by molar-refractivity contribution is 5.80. The highest BCUT2D eigenvalue weighted by atomic mass is 16.5. The standard InChI is InChI=1S/C22H36N4O4/c1-5-23-22(25-18-8-10-26(11-9-18)21(28)16(2)3)24-15-17-6-7-19(30-13-12-27)20(14-17)29-4/h6-7,14,16,18,27H,5,8-13,15H2,1-4H3,(H2,23,24,25). The molecule has 1 aromatic rings. The Labute approximate surface area is 179 Å². The SMILES string of the molecule is CCNC(=NCc1ccc(OCCO)c(OC)c1)NC1CCN(C(=O)C(C)C)CC1. The third-order valence-electron chi connectivity index (χ3n) is 4.98. The maximum atomic E-state index is 12.2. The Morgan fingerprint density at radius 3 is 2.63 bits per heavy atom. The zero-order valence-corrected chi connectivity index (χ0v) is 18.6. The molecule has 0 radical (unpaired) electrons. The van der Waals surface area contributed by atoms with Crippen molar-refractivity contribution in [3.8, 4) is 11.5 Å². The number of benzene rings is 1. The number of nitrogens with zero attached hydrogens (tertiary/aromatic N) is 2. The summed E-state index contributed by atoms with van der Waals surface area (Å²) < 4.78 is 10.9. The molecule has 168 valence electrons. The first kappa shape index (κ1) is 23.8. The molecule has 1 saturated heterocycles. The van der Waals surface area contributed by atoms with Crippen molar-refractivity contribution in [2.45, 2.75) is 46.2 Å². The largest absolute Gasteiger partial charge is 0.493 e. The maximum Gasteiger partial charge on any atom is 0.225 e. The Morgan fingerprint density at radius 2 is 2.03 bits per heavy atom. The minimum Gasteiger partial charge on any atom is -0.493 e. The Bertz CT molecular complexity index is 700. The molecule has 0 saturated carbocycles. The van der Waals surface area contributed by atoms with E-state index in [-0.39, 0.29) is 25.0 Å². The number of nitrogens with one attached hydrogen (secondary N) is 2. The molecule has 8 heteroatoms. The third-order valence-corrected chi connectivity index (χ3v) is 4.98. The van der Waals surface area contributed by atoms with Crippen LogP contribution >= 0.6 is 0 Å². The van der Waals surface area contributed by atoms with Crippen molar-refractivity contribution < 1.29 is 19.4 Å². The maximum absolute atomic E-state index is 12.2. The van der Waals surface area contributed by atoms with E-state index in [1.54, 1.807) is 7.11 Å². The van der Waals surface area contributed by atoms with E-state index in [2.05, 4.69) is 10.6 Å². The molecule has 0 atom stereocenters. The number of aliphatic hydroxyl groups excluding tert-OH is 1. The van der Waals surface area contributed by atoms with Gasteiger partial charge in [0.15, 0.2) is 17.5 Å². The van der Waals surface area contributed by atoms with Crippen molar-refractivity contribution in [1.82, 2.24) is 15.5 Å². The number of guanidine groups is 1. The quantitative estimate of drug-likeness (QED) is 0.416. The Balaban J connectivity index is 1.95. The lowest BCUT2D eigenvalue weighted by Crippen LogP contribution is -2.50. The fraction of sp³-hybridized carbons (Fsp3) is 0.636. The van der Waals surface area contributed by atoms with E-state index in [1.165, 1.54) is 0 Å². The van der Waals surface area contributed by atoms with Crippen molar-refractivity contribution >= 4 is 11.9 Å². The minimum atomic E-state index is -0.0442. The average Bonchev–Trinajstić information content (AvgIpc) is 2.76. The second kappa shape index (κ2) is 12.3. The highest BCUT2D eigenvalue weighted by Gasteiger charge is 2.24. The predicted octanol–water partition coefficient (Wildman–Crippen LogP) is 1.77. The van der Waals surface area contributed by atoms with Crippen LogP contribution in [0, 0.1) is 5.92 Å². The fourth-order valence-corrected chi connectivity index (χ4v) is 3.38. The minimum absolute atomic E-state index is 0.0442. The first-order chi connectivity index (χ1) is 14.5. The van der Waals surface area contributed by atoms with Gasteiger partial charge in [-0.05, 0) is 37.5 Å². The molecule has 0 spiro atoms. The van der Waals surface area contributed by atoms with E-state index in [1.807, 2.05) is 43.9 Å². The van der Waals surface area contributed by atoms with E-state index in [0.29, 0.717) is 24.1 Å². The molecule has 0 unspecified atom stereocenters. The fourth-order valence-electron chi connectivity index (χ4n) is 3.38. The van der Waals surface area contributed by atoms with Crippen LogP contribution < -0.4 is 20.1 Å². The van der Waals surface area contributed by atoms with Gasteiger partial charge in [0, 0.05) is 31.6 Å². The molecule has 1 heterocycles. The number of methoxy groups -OCH3 is 1. The second-order valence-corrected chi connectivity index (χ2v) is 7.65. The van der Waals surface area contributed by atoms with Crippen LogP contribution in [0.25, 0.3) is 0 Å². The van der Waals surface area contributed by atoms with Crippen LogP contribution in [0.15, 0.2) is 23.2 Å². The lowest BCUT2D eigenvalue weighted by atomic mass is 10.0. The number of ether oxygens (including phenoxy) is 2. The molecule has 0 aromatic heterocycles. The monoisotopic (exact) mass is 420 g/mol. The smallest absolute Gasteiger partial charge is 0.225 e. The highest BCUT2D eigenvalue weighted by Crippen LogP contribution is 2.28. The summed E-state index contributed by atoms with van der Waals surface area (Å²) in [5.41, 5.74) is 0.998. The van der Waals surface area contributed by atoms with Gasteiger partial charge in [-0.1, -0.05) is 19.9 Å². The van der Waals surface area contributed by atoms with Gasteiger partial charge in [-0.25, -0.2) is 4.99 Å². The summed E-state index contributed by atoms with van der Waals surface area (Å²) in [6.07, 6.45) is 1.82. The van der Waals surface area contributed by atoms with Crippen LogP contribution in [0.4, 0.5) is 0 Å². The molecule has 30 heavy (non-hydrogen) atoms. The first-order valence-corrected chi connectivity index (χ1v) is 10.7. The number of aliphatic hydroxyl groups is 1. The van der Waals surface area contributed by atoms with E-state index in [4.69, 9.17) is 19.6 Å². The number of piperidine rings is 1. The van der Waals surface area contributed by atoms with Crippen LogP contribution in [0.2, 0.25) is 0 Å². The number of carbonyl (C=O) groups excluding carboxylic acids is 1. The number of rotatable bonds is 9. The Hall–Kier alpha value is -2.48. The number of likely N-dealkylation sites (tertiary alicyclic amines) is 1. The van der Waals surface area contributed by atoms with Gasteiger partial charge >= 0.3 is 0 Å². The molecular formula is C22H36N4O4. The normalized spacial score (nSPS) is 15.3. The molecule has 3 N–H and O–H groups in total. The van der Waals surface area contributed by atoms with Crippen LogP contribution in [0.1, 0.15) is 39.2 Å². The average molecular weight is 421 g/mol. The summed E-state index contributed by atoms with van der Waals surface area (Å²) in [6, 6.07) is 5.97. The molecule has 0 aliphatic carbocycles. The predicted molar refractivity (Wildman–Crippen MR) is 118 cm³/mol. The summed E-state index contributed by atoms with van der Waals surface area (Å²) in [7, 11) is 1.59. The molecular weight excluding hydrogens is 384 g/mol. The van der Waals surface area contributed by atoms with Gasteiger partial charge in [-0.15, -0.1) is 0 Å². The van der Waals surface area contributed by atoms with Crippen molar-refractivity contribution in [2.24, 2.45) is 10.9 Å². The number of amides is 1. The molecule has 1 amide bonds. The molecule has 1 fully saturated rings. The van der Waals surface area contributed by atoms with Crippen molar-refractivity contribution in [1.29, 1.82) is 0 Å². The summed E-state index contributed by atoms with van der Waals surface area (Å²) in [5, 5.41) is 15.7. The van der Waals surface area contributed by atoms with Gasteiger partial charge in [0.2, 0.25) is 5.91 Å². The van der Waals surface area contributed by atoms with Gasteiger partial charge in [-0.2, -0.15) is 0 Å². The van der Waals surface area contributed by atoms with Gasteiger partial charge < -0.3 is 30.1 Å². The summed E-state index contributed by atoms with van der Waals surface area (Å²) >= 11 is 0. The molecule has 0 bridgehead atoms. The van der Waals surface area contributed by atoms with Gasteiger partial charge in [-0.3, -0.25) is 4.79 Å². The van der Waals surface area contributed by atoms with E-state index < -0.39 is 0 Å². The zero-order valence-electron chi connectivity index (χ0n) is 18.6. The molecule has 1 aliphatic heterocycles. The molecule has 1 aliphatic rings. The topological polar surface area (TPSA) is 95.4 Å². The molecule has 8 nitrogen and oxygen atoms in total. The van der Waals surface area contributed by atoms with Crippen molar-refractivity contribution in [2.75, 3.05) is 40.0 Å². The number of carbonyl (C=O) groups is 1. The lowest BCUT2D eigenvalue weighted by Gasteiger charge is -2.34. The van der Waals surface area contributed by atoms with Gasteiger partial charge in [0.05, 0.1) is 20.3 Å². The Morgan fingerprint density at radius 1 is 1.30 bits per heavy atom. The number of hydrogen-bond donors (Lipinski definition) is 3. The lowest BCUT2D eigenvalue weighted by molar-refractivity contribution is -0.135. The van der Waals surface area contributed by atoms with E-state index in [9.17, 15) is 4.79 Å². The van der Waals surface area contributed by atoms with Crippen molar-refractivity contribution in [3.63, 3.8) is 0 Å². The number of hydrogen-bond acceptors (Lipinski definition) is 5. The Kier molecular flexibility index (Phi) is 9.73. The van der Waals surface area contributed by atoms with Crippen LogP contribution in [-0.4, -0.2) is 67.9 Å². The summed E-state index contributed by atoms with van der Waals surface area (Å²) in [6.45, 7) is 8.94. The van der Waals surface area contributed by atoms with Gasteiger partial charge in [0.1, 0.15) is 6.61 Å². The molecule has 1 aromatic carbocycles. The summed E-state index contributed by atoms with van der Waals surface area (Å²) in [4.78, 5) is 18.8. The van der Waals surface area contributed by atoms with E-state index in [0.717, 1.165) is 44.0 Å².